The zero-order valence-corrected chi connectivity index (χ0v) is 15.6. The Morgan fingerprint density at radius 1 is 1.28 bits per heavy atom. The van der Waals surface area contributed by atoms with Gasteiger partial charge in [0, 0.05) is 23.7 Å². The molecule has 0 bridgehead atoms. The van der Waals surface area contributed by atoms with E-state index < -0.39 is 10.8 Å². The maximum absolute atomic E-state index is 13.0. The molecule has 3 rings (SSSR count). The van der Waals surface area contributed by atoms with Crippen molar-refractivity contribution in [1.29, 1.82) is 0 Å². The van der Waals surface area contributed by atoms with Gasteiger partial charge in [0.05, 0.1) is 12.5 Å². The molecule has 0 heterocycles. The molecule has 3 aliphatic rings. The van der Waals surface area contributed by atoms with Crippen LogP contribution in [0.5, 0.6) is 0 Å². The van der Waals surface area contributed by atoms with E-state index in [4.69, 9.17) is 4.74 Å². The Hall–Kier alpha value is -1.71. The molecule has 0 aromatic heterocycles. The molecule has 25 heavy (non-hydrogen) atoms. The lowest BCUT2D eigenvalue weighted by Crippen LogP contribution is -2.48. The van der Waals surface area contributed by atoms with Crippen LogP contribution < -0.4 is 0 Å². The van der Waals surface area contributed by atoms with Gasteiger partial charge in [0.1, 0.15) is 12.1 Å². The summed E-state index contributed by atoms with van der Waals surface area (Å²) in [5.41, 5.74) is 1.28. The molecular formula is C21H28O4. The number of hydrogen-bond acceptors (Lipinski definition) is 4. The van der Waals surface area contributed by atoms with Crippen molar-refractivity contribution in [2.75, 3.05) is 7.11 Å². The molecule has 0 N–H and O–H groups in total. The van der Waals surface area contributed by atoms with Gasteiger partial charge in [-0.2, -0.15) is 0 Å². The highest BCUT2D eigenvalue weighted by Gasteiger charge is 2.59. The number of fused-ring (bicyclic) bond motifs is 3. The van der Waals surface area contributed by atoms with Crippen LogP contribution >= 0.6 is 0 Å². The predicted molar refractivity (Wildman–Crippen MR) is 94.7 cm³/mol. The van der Waals surface area contributed by atoms with E-state index in [2.05, 4.69) is 13.8 Å². The van der Waals surface area contributed by atoms with Crippen LogP contribution in [-0.4, -0.2) is 25.1 Å². The summed E-state index contributed by atoms with van der Waals surface area (Å²) in [6, 6.07) is 0. The number of methoxy groups -OCH3 is 1. The first-order chi connectivity index (χ1) is 11.8. The number of ether oxygens (including phenoxy) is 1. The average molecular weight is 344 g/mol. The van der Waals surface area contributed by atoms with Gasteiger partial charge in [-0.1, -0.05) is 38.5 Å². The van der Waals surface area contributed by atoms with Gasteiger partial charge in [-0.3, -0.25) is 9.59 Å². The van der Waals surface area contributed by atoms with E-state index in [1.165, 1.54) is 12.7 Å². The average Bonchev–Trinajstić information content (AvgIpc) is 2.94. The highest BCUT2D eigenvalue weighted by atomic mass is 16.5. The number of carbonyl (C=O) groups excluding carboxylic acids is 3. The lowest BCUT2D eigenvalue weighted by molar-refractivity contribution is -0.154. The SMILES string of the molecule is COC(=O)[C@@]12CCC(C(C)C)=C1[C@@H]1C=CC(C=O)CC(=O)[C@@]1(C)CC2. The van der Waals surface area contributed by atoms with Crippen LogP contribution in [0.15, 0.2) is 23.3 Å². The molecule has 4 heteroatoms. The number of allylic oxidation sites excluding steroid dienone is 3. The van der Waals surface area contributed by atoms with Crippen molar-refractivity contribution in [3.05, 3.63) is 23.3 Å². The minimum absolute atomic E-state index is 0.113. The van der Waals surface area contributed by atoms with Crippen LogP contribution in [0.4, 0.5) is 0 Å². The Labute approximate surface area is 149 Å². The molecule has 0 aromatic carbocycles. The number of ketones is 1. The van der Waals surface area contributed by atoms with Gasteiger partial charge in [-0.15, -0.1) is 0 Å². The molecule has 4 nitrogen and oxygen atoms in total. The van der Waals surface area contributed by atoms with Crippen molar-refractivity contribution in [2.45, 2.75) is 52.9 Å². The third-order valence-corrected chi connectivity index (χ3v) is 6.81. The number of esters is 1. The summed E-state index contributed by atoms with van der Waals surface area (Å²) in [5.74, 6) is -0.167. The Kier molecular flexibility index (Phi) is 4.50. The zero-order valence-electron chi connectivity index (χ0n) is 15.6. The summed E-state index contributed by atoms with van der Waals surface area (Å²) >= 11 is 0. The first-order valence-electron chi connectivity index (χ1n) is 9.29. The second-order valence-electron chi connectivity index (χ2n) is 8.37. The van der Waals surface area contributed by atoms with Gasteiger partial charge in [-0.25, -0.2) is 0 Å². The van der Waals surface area contributed by atoms with Gasteiger partial charge < -0.3 is 9.53 Å². The first-order valence-corrected chi connectivity index (χ1v) is 9.29. The molecular weight excluding hydrogens is 316 g/mol. The molecule has 0 aromatic rings. The summed E-state index contributed by atoms with van der Waals surface area (Å²) in [4.78, 5) is 37.1. The van der Waals surface area contributed by atoms with E-state index in [1.807, 2.05) is 19.1 Å². The Morgan fingerprint density at radius 3 is 2.60 bits per heavy atom. The third kappa shape index (κ3) is 2.52. The van der Waals surface area contributed by atoms with Crippen LogP contribution in [0.1, 0.15) is 52.9 Å². The molecule has 0 amide bonds. The molecule has 0 radical (unpaired) electrons. The van der Waals surface area contributed by atoms with Gasteiger partial charge in [-0.05, 0) is 37.2 Å². The van der Waals surface area contributed by atoms with Crippen LogP contribution in [-0.2, 0) is 19.1 Å². The van der Waals surface area contributed by atoms with Crippen molar-refractivity contribution in [3.8, 4) is 0 Å². The summed E-state index contributed by atoms with van der Waals surface area (Å²) in [6.07, 6.45) is 8.00. The highest BCUT2D eigenvalue weighted by molar-refractivity contribution is 5.91. The van der Waals surface area contributed by atoms with Crippen molar-refractivity contribution in [2.24, 2.45) is 28.6 Å². The van der Waals surface area contributed by atoms with Crippen LogP contribution in [0.3, 0.4) is 0 Å². The number of carbonyl (C=O) groups is 3. The quantitative estimate of drug-likeness (QED) is 0.445. The molecule has 0 spiro atoms. The molecule has 1 unspecified atom stereocenters. The minimum atomic E-state index is -0.593. The standard InChI is InChI=1S/C21H28O4/c1-13(2)15-7-8-21(19(24)25-4)10-9-20(3)16(18(15)21)6-5-14(12-22)11-17(20)23/h5-6,12-14,16H,7-11H2,1-4H3/t14?,16-,20-,21+/m0/s1. The second kappa shape index (κ2) is 6.22. The number of aldehydes is 1. The van der Waals surface area contributed by atoms with E-state index in [0.717, 1.165) is 24.7 Å². The predicted octanol–water partition coefficient (Wildman–Crippen LogP) is 3.65. The van der Waals surface area contributed by atoms with E-state index >= 15 is 0 Å². The maximum atomic E-state index is 13.0. The van der Waals surface area contributed by atoms with Crippen molar-refractivity contribution in [1.82, 2.24) is 0 Å². The highest BCUT2D eigenvalue weighted by Crippen LogP contribution is 2.62. The van der Waals surface area contributed by atoms with Gasteiger partial charge in [0.15, 0.2) is 0 Å². The first kappa shape index (κ1) is 18.1. The van der Waals surface area contributed by atoms with E-state index in [1.54, 1.807) is 0 Å². The normalized spacial score (nSPS) is 37.6. The smallest absolute Gasteiger partial charge is 0.315 e. The lowest BCUT2D eigenvalue weighted by atomic mass is 9.54. The zero-order chi connectivity index (χ0) is 18.4. The van der Waals surface area contributed by atoms with E-state index in [-0.39, 0.29) is 30.0 Å². The summed E-state index contributed by atoms with van der Waals surface area (Å²) in [7, 11) is 1.45. The lowest BCUT2D eigenvalue weighted by Gasteiger charge is -2.47. The van der Waals surface area contributed by atoms with Crippen LogP contribution in [0.2, 0.25) is 0 Å². The molecule has 3 aliphatic carbocycles. The van der Waals surface area contributed by atoms with E-state index in [0.29, 0.717) is 18.8 Å². The van der Waals surface area contributed by atoms with Gasteiger partial charge in [0.25, 0.3) is 0 Å². The fourth-order valence-corrected chi connectivity index (χ4v) is 5.22. The Bertz CT molecular complexity index is 671. The molecule has 136 valence electrons. The van der Waals surface area contributed by atoms with Crippen molar-refractivity contribution in [3.63, 3.8) is 0 Å². The fraction of sp³-hybridized carbons (Fsp3) is 0.667. The fourth-order valence-electron chi connectivity index (χ4n) is 5.22. The number of hydrogen-bond donors (Lipinski definition) is 0. The van der Waals surface area contributed by atoms with Crippen LogP contribution in [0, 0.1) is 28.6 Å². The Balaban J connectivity index is 2.20. The van der Waals surface area contributed by atoms with Gasteiger partial charge >= 0.3 is 5.97 Å². The maximum Gasteiger partial charge on any atom is 0.315 e. The van der Waals surface area contributed by atoms with Crippen molar-refractivity contribution < 1.29 is 19.1 Å². The summed E-state index contributed by atoms with van der Waals surface area (Å²) in [6.45, 7) is 6.32. The number of Topliss-reactive ketones (excluding diaryl/α,β-unsaturated/α-hetero) is 1. The van der Waals surface area contributed by atoms with Gasteiger partial charge in [0.2, 0.25) is 0 Å². The topological polar surface area (TPSA) is 60.4 Å². The largest absolute Gasteiger partial charge is 0.468 e. The summed E-state index contributed by atoms with van der Waals surface area (Å²) in [5, 5.41) is 0. The number of rotatable bonds is 3. The second-order valence-corrected chi connectivity index (χ2v) is 8.37. The molecule has 1 saturated carbocycles. The van der Waals surface area contributed by atoms with Crippen LogP contribution in [0.25, 0.3) is 0 Å². The molecule has 1 fully saturated rings. The van der Waals surface area contributed by atoms with Crippen molar-refractivity contribution >= 4 is 18.0 Å². The summed E-state index contributed by atoms with van der Waals surface area (Å²) < 4.78 is 5.20. The molecule has 0 saturated heterocycles. The molecule has 0 aliphatic heterocycles. The minimum Gasteiger partial charge on any atom is -0.468 e. The Morgan fingerprint density at radius 2 is 2.00 bits per heavy atom. The third-order valence-electron chi connectivity index (χ3n) is 6.81. The monoisotopic (exact) mass is 344 g/mol. The molecule has 4 atom stereocenters. The van der Waals surface area contributed by atoms with E-state index in [9.17, 15) is 14.4 Å².